The van der Waals surface area contributed by atoms with Gasteiger partial charge < -0.3 is 0 Å². The number of rotatable bonds is 14. The highest BCUT2D eigenvalue weighted by Crippen LogP contribution is 2.36. The van der Waals surface area contributed by atoms with Crippen molar-refractivity contribution in [2.24, 2.45) is 23.7 Å². The fourth-order valence-corrected chi connectivity index (χ4v) is 5.78. The smallest absolute Gasteiger partial charge is 0.0236 e. The van der Waals surface area contributed by atoms with Gasteiger partial charge in [-0.15, -0.1) is 6.58 Å². The highest BCUT2D eigenvalue weighted by atomic mass is 14.3. The molecule has 2 fully saturated rings. The van der Waals surface area contributed by atoms with E-state index in [1.807, 2.05) is 0 Å². The molecule has 0 atom stereocenters. The minimum absolute atomic E-state index is 0.831. The summed E-state index contributed by atoms with van der Waals surface area (Å²) < 4.78 is 0. The second-order valence-electron chi connectivity index (χ2n) is 10.1. The second-order valence-corrected chi connectivity index (χ2v) is 10.1. The molecule has 0 bridgehead atoms. The van der Waals surface area contributed by atoms with Crippen LogP contribution in [0.5, 0.6) is 0 Å². The Bertz CT molecular complexity index is 341. The third-order valence-corrected chi connectivity index (χ3v) is 7.88. The summed E-state index contributed by atoms with van der Waals surface area (Å²) in [5.74, 6) is 4.03. The van der Waals surface area contributed by atoms with Gasteiger partial charge in [-0.2, -0.15) is 0 Å². The van der Waals surface area contributed by atoms with Gasteiger partial charge in [-0.25, -0.2) is 0 Å². The molecule has 2 saturated carbocycles. The van der Waals surface area contributed by atoms with Crippen LogP contribution in [0.2, 0.25) is 0 Å². The van der Waals surface area contributed by atoms with Crippen molar-refractivity contribution in [2.45, 2.75) is 135 Å². The molecule has 0 heteroatoms. The molecule has 0 spiro atoms. The lowest BCUT2D eigenvalue weighted by Gasteiger charge is -2.29. The lowest BCUT2D eigenvalue weighted by molar-refractivity contribution is 0.239. The van der Waals surface area contributed by atoms with E-state index in [2.05, 4.69) is 19.6 Å². The molecule has 2 aliphatic rings. The van der Waals surface area contributed by atoms with Gasteiger partial charge in [0, 0.05) is 0 Å². The molecule has 0 amide bonds. The summed E-state index contributed by atoms with van der Waals surface area (Å²) in [6, 6.07) is 0. The highest BCUT2D eigenvalue weighted by Gasteiger charge is 2.21. The maximum absolute atomic E-state index is 3.98. The molecule has 2 aliphatic carbocycles. The van der Waals surface area contributed by atoms with Gasteiger partial charge in [-0.3, -0.25) is 0 Å². The summed E-state index contributed by atoms with van der Waals surface area (Å²) in [6.45, 7) is 6.29. The van der Waals surface area contributed by atoms with Gasteiger partial charge in [0.05, 0.1) is 0 Å². The van der Waals surface area contributed by atoms with Crippen molar-refractivity contribution < 1.29 is 0 Å². The summed E-state index contributed by atoms with van der Waals surface area (Å²) in [5, 5.41) is 0. The number of hydrogen-bond donors (Lipinski definition) is 0. The van der Waals surface area contributed by atoms with Crippen molar-refractivity contribution in [3.05, 3.63) is 12.7 Å². The summed E-state index contributed by atoms with van der Waals surface area (Å²) in [7, 11) is 0. The molecular formula is C27H50. The Morgan fingerprint density at radius 1 is 0.556 bits per heavy atom. The highest BCUT2D eigenvalue weighted by molar-refractivity contribution is 4.84. The van der Waals surface area contributed by atoms with E-state index in [1.54, 1.807) is 25.7 Å². The van der Waals surface area contributed by atoms with Crippen LogP contribution in [0.15, 0.2) is 12.7 Å². The van der Waals surface area contributed by atoms with Crippen LogP contribution in [0.25, 0.3) is 0 Å². The first kappa shape index (κ1) is 23.0. The van der Waals surface area contributed by atoms with Crippen LogP contribution in [-0.2, 0) is 0 Å². The molecule has 0 saturated heterocycles. The molecule has 158 valence electrons. The van der Waals surface area contributed by atoms with E-state index in [9.17, 15) is 0 Å². The molecule has 0 unspecified atom stereocenters. The molecule has 0 aromatic carbocycles. The van der Waals surface area contributed by atoms with Crippen LogP contribution < -0.4 is 0 Å². The van der Waals surface area contributed by atoms with Crippen LogP contribution in [0.1, 0.15) is 135 Å². The number of hydrogen-bond acceptors (Lipinski definition) is 0. The normalized spacial score (nSPS) is 28.9. The molecule has 0 aromatic heterocycles. The van der Waals surface area contributed by atoms with Crippen LogP contribution in [0, 0.1) is 23.7 Å². The van der Waals surface area contributed by atoms with E-state index in [-0.39, 0.29) is 0 Å². The van der Waals surface area contributed by atoms with Crippen LogP contribution in [-0.4, -0.2) is 0 Å². The van der Waals surface area contributed by atoms with Gasteiger partial charge in [-0.05, 0) is 49.4 Å². The van der Waals surface area contributed by atoms with Crippen molar-refractivity contribution in [1.29, 1.82) is 0 Å². The first-order valence-corrected chi connectivity index (χ1v) is 12.9. The van der Waals surface area contributed by atoms with Crippen LogP contribution in [0.3, 0.4) is 0 Å². The number of unbranched alkanes of at least 4 members (excludes halogenated alkanes) is 7. The van der Waals surface area contributed by atoms with E-state index in [1.165, 1.54) is 103 Å². The standard InChI is InChI=1S/C27H50/c1-3-5-6-7-8-9-10-13-25-20-22-27(23-21-25)15-12-11-14-26-18-16-24(4-2)17-19-26/h4,24-27H,2-3,5-23H2,1H3. The zero-order chi connectivity index (χ0) is 19.2. The van der Waals surface area contributed by atoms with Crippen LogP contribution >= 0.6 is 0 Å². The minimum atomic E-state index is 0.831. The SMILES string of the molecule is C=CC1CCC(CCCCC2CCC(CCCCCCCCC)CC2)CC1. The molecule has 2 rings (SSSR count). The average molecular weight is 375 g/mol. The Labute approximate surface area is 172 Å². The van der Waals surface area contributed by atoms with Crippen molar-refractivity contribution in [3.8, 4) is 0 Å². The molecule has 0 nitrogen and oxygen atoms in total. The first-order valence-electron chi connectivity index (χ1n) is 12.9. The summed E-state index contributed by atoms with van der Waals surface area (Å²) >= 11 is 0. The summed E-state index contributed by atoms with van der Waals surface area (Å²) in [6.07, 6.45) is 32.0. The average Bonchev–Trinajstić information content (AvgIpc) is 2.72. The maximum Gasteiger partial charge on any atom is -0.0236 e. The topological polar surface area (TPSA) is 0 Å². The Morgan fingerprint density at radius 2 is 0.926 bits per heavy atom. The Kier molecular flexibility index (Phi) is 12.5. The van der Waals surface area contributed by atoms with Crippen molar-refractivity contribution in [3.63, 3.8) is 0 Å². The Balaban J connectivity index is 1.39. The number of allylic oxidation sites excluding steroid dienone is 1. The largest absolute Gasteiger partial charge is 0.103 e. The van der Waals surface area contributed by atoms with Gasteiger partial charge in [0.25, 0.3) is 0 Å². The zero-order valence-electron chi connectivity index (χ0n) is 18.7. The van der Waals surface area contributed by atoms with Crippen molar-refractivity contribution >= 4 is 0 Å². The molecule has 0 aliphatic heterocycles. The van der Waals surface area contributed by atoms with Gasteiger partial charge in [0.2, 0.25) is 0 Å². The predicted molar refractivity (Wildman–Crippen MR) is 122 cm³/mol. The summed E-state index contributed by atoms with van der Waals surface area (Å²) in [4.78, 5) is 0. The monoisotopic (exact) mass is 374 g/mol. The summed E-state index contributed by atoms with van der Waals surface area (Å²) in [5.41, 5.74) is 0. The van der Waals surface area contributed by atoms with Crippen LogP contribution in [0.4, 0.5) is 0 Å². The van der Waals surface area contributed by atoms with Gasteiger partial charge in [0.1, 0.15) is 0 Å². The van der Waals surface area contributed by atoms with Gasteiger partial charge in [-0.1, -0.05) is 116 Å². The van der Waals surface area contributed by atoms with E-state index < -0.39 is 0 Å². The Morgan fingerprint density at radius 3 is 1.37 bits per heavy atom. The quantitative estimate of drug-likeness (QED) is 0.210. The van der Waals surface area contributed by atoms with Crippen molar-refractivity contribution in [2.75, 3.05) is 0 Å². The third kappa shape index (κ3) is 10.2. The molecular weight excluding hydrogens is 324 g/mol. The molecule has 0 heterocycles. The fourth-order valence-electron chi connectivity index (χ4n) is 5.78. The lowest BCUT2D eigenvalue weighted by Crippen LogP contribution is -2.15. The lowest BCUT2D eigenvalue weighted by atomic mass is 9.77. The van der Waals surface area contributed by atoms with Gasteiger partial charge in [0.15, 0.2) is 0 Å². The first-order chi connectivity index (χ1) is 13.3. The molecule has 27 heavy (non-hydrogen) atoms. The second kappa shape index (κ2) is 14.7. The third-order valence-electron chi connectivity index (χ3n) is 7.88. The molecule has 0 N–H and O–H groups in total. The van der Waals surface area contributed by atoms with E-state index in [0.717, 1.165) is 23.7 Å². The molecule has 0 radical (unpaired) electrons. The van der Waals surface area contributed by atoms with E-state index in [4.69, 9.17) is 0 Å². The maximum atomic E-state index is 3.98. The Hall–Kier alpha value is -0.260. The fraction of sp³-hybridized carbons (Fsp3) is 0.926. The van der Waals surface area contributed by atoms with Crippen molar-refractivity contribution in [1.82, 2.24) is 0 Å². The van der Waals surface area contributed by atoms with Gasteiger partial charge >= 0.3 is 0 Å². The minimum Gasteiger partial charge on any atom is -0.103 e. The predicted octanol–water partition coefficient (Wildman–Crippen LogP) is 9.49. The van der Waals surface area contributed by atoms with E-state index >= 15 is 0 Å². The zero-order valence-corrected chi connectivity index (χ0v) is 18.7. The molecule has 0 aromatic rings. The van der Waals surface area contributed by atoms with E-state index in [0.29, 0.717) is 0 Å².